The van der Waals surface area contributed by atoms with E-state index in [2.05, 4.69) is 40.7 Å². The zero-order chi connectivity index (χ0) is 15.2. The molecule has 0 saturated heterocycles. The Morgan fingerprint density at radius 2 is 2.09 bits per heavy atom. The van der Waals surface area contributed by atoms with Gasteiger partial charge in [-0.1, -0.05) is 18.2 Å². The van der Waals surface area contributed by atoms with Crippen LogP contribution in [0.15, 0.2) is 46.0 Å². The van der Waals surface area contributed by atoms with Crippen molar-refractivity contribution in [1.29, 1.82) is 0 Å². The molecular formula is C18H23N3O. The van der Waals surface area contributed by atoms with Crippen molar-refractivity contribution in [1.82, 2.24) is 10.6 Å². The number of nitrogens with one attached hydrogen (secondary N) is 2. The van der Waals surface area contributed by atoms with Gasteiger partial charge < -0.3 is 15.1 Å². The van der Waals surface area contributed by atoms with E-state index in [1.54, 1.807) is 6.26 Å². The maximum Gasteiger partial charge on any atom is 0.191 e. The molecule has 116 valence electrons. The summed E-state index contributed by atoms with van der Waals surface area (Å²) >= 11 is 0. The zero-order valence-electron chi connectivity index (χ0n) is 13.1. The molecule has 22 heavy (non-hydrogen) atoms. The summed E-state index contributed by atoms with van der Waals surface area (Å²) in [4.78, 5) is 4.66. The number of hydrogen-bond donors (Lipinski definition) is 2. The standard InChI is InChI=1S/C18H23N3O/c1-2-19-18(21-13-17-7-4-10-22-17)20-12-14-8-9-15-5-3-6-16(15)11-14/h4,7-11H,2-3,5-6,12-13H2,1H3,(H2,19,20,21). The molecule has 0 atom stereocenters. The smallest absolute Gasteiger partial charge is 0.191 e. The molecule has 0 unspecified atom stereocenters. The summed E-state index contributed by atoms with van der Waals surface area (Å²) in [5, 5.41) is 6.56. The van der Waals surface area contributed by atoms with E-state index in [1.807, 2.05) is 12.1 Å². The van der Waals surface area contributed by atoms with Crippen LogP contribution in [0, 0.1) is 0 Å². The summed E-state index contributed by atoms with van der Waals surface area (Å²) in [6.45, 7) is 4.25. The van der Waals surface area contributed by atoms with E-state index in [-0.39, 0.29) is 0 Å². The molecule has 0 radical (unpaired) electrons. The van der Waals surface area contributed by atoms with Crippen LogP contribution in [-0.2, 0) is 25.9 Å². The van der Waals surface area contributed by atoms with Crippen molar-refractivity contribution in [3.8, 4) is 0 Å². The number of aliphatic imine (C=N–C) groups is 1. The minimum Gasteiger partial charge on any atom is -0.467 e. The molecule has 4 nitrogen and oxygen atoms in total. The third-order valence-electron chi connectivity index (χ3n) is 3.94. The fraction of sp³-hybridized carbons (Fsp3) is 0.389. The molecule has 2 aromatic rings. The van der Waals surface area contributed by atoms with Crippen LogP contribution < -0.4 is 10.6 Å². The van der Waals surface area contributed by atoms with Crippen molar-refractivity contribution in [2.75, 3.05) is 6.54 Å². The Labute approximate surface area is 131 Å². The van der Waals surface area contributed by atoms with E-state index in [0.29, 0.717) is 13.1 Å². The zero-order valence-corrected chi connectivity index (χ0v) is 13.1. The molecule has 0 aliphatic heterocycles. The number of hydrogen-bond acceptors (Lipinski definition) is 2. The molecule has 1 aliphatic rings. The minimum absolute atomic E-state index is 0.642. The van der Waals surface area contributed by atoms with E-state index in [9.17, 15) is 0 Å². The van der Waals surface area contributed by atoms with Crippen molar-refractivity contribution in [3.05, 3.63) is 59.0 Å². The van der Waals surface area contributed by atoms with Crippen LogP contribution in [0.2, 0.25) is 0 Å². The van der Waals surface area contributed by atoms with Crippen LogP contribution in [0.25, 0.3) is 0 Å². The first kappa shape index (κ1) is 14.7. The van der Waals surface area contributed by atoms with E-state index >= 15 is 0 Å². The van der Waals surface area contributed by atoms with E-state index in [0.717, 1.165) is 18.3 Å². The van der Waals surface area contributed by atoms with Gasteiger partial charge in [0, 0.05) is 6.54 Å². The molecule has 1 aliphatic carbocycles. The van der Waals surface area contributed by atoms with Gasteiger partial charge in [-0.25, -0.2) is 4.99 Å². The summed E-state index contributed by atoms with van der Waals surface area (Å²) in [7, 11) is 0. The Balaban J connectivity index is 1.62. The molecular weight excluding hydrogens is 274 g/mol. The van der Waals surface area contributed by atoms with Crippen molar-refractivity contribution < 1.29 is 4.42 Å². The number of nitrogens with zero attached hydrogens (tertiary/aromatic N) is 1. The number of rotatable bonds is 5. The topological polar surface area (TPSA) is 49.6 Å². The molecule has 1 heterocycles. The number of aryl methyl sites for hydroxylation is 2. The van der Waals surface area contributed by atoms with Crippen LogP contribution >= 0.6 is 0 Å². The van der Waals surface area contributed by atoms with Crippen molar-refractivity contribution in [2.24, 2.45) is 4.99 Å². The van der Waals surface area contributed by atoms with Crippen LogP contribution in [0.5, 0.6) is 0 Å². The Morgan fingerprint density at radius 1 is 1.18 bits per heavy atom. The van der Waals surface area contributed by atoms with Gasteiger partial charge in [0.2, 0.25) is 0 Å². The second-order valence-electron chi connectivity index (χ2n) is 5.58. The largest absolute Gasteiger partial charge is 0.467 e. The number of guanidine groups is 1. The number of fused-ring (bicyclic) bond motifs is 1. The van der Waals surface area contributed by atoms with Crippen molar-refractivity contribution in [3.63, 3.8) is 0 Å². The summed E-state index contributed by atoms with van der Waals surface area (Å²) in [5.74, 6) is 1.72. The molecule has 0 bridgehead atoms. The summed E-state index contributed by atoms with van der Waals surface area (Å²) in [6, 6.07) is 10.6. The summed E-state index contributed by atoms with van der Waals surface area (Å²) in [5.41, 5.74) is 4.28. The molecule has 0 spiro atoms. The molecule has 1 aromatic heterocycles. The second kappa shape index (κ2) is 7.16. The SMILES string of the molecule is CCNC(=NCc1ccc2c(c1)CCC2)NCc1ccco1. The van der Waals surface area contributed by atoms with E-state index < -0.39 is 0 Å². The molecule has 0 fully saturated rings. The normalized spacial score (nSPS) is 14.0. The average Bonchev–Trinajstić information content (AvgIpc) is 3.20. The van der Waals surface area contributed by atoms with Gasteiger partial charge in [-0.05, 0) is 55.0 Å². The second-order valence-corrected chi connectivity index (χ2v) is 5.58. The maximum absolute atomic E-state index is 5.33. The first-order valence-electron chi connectivity index (χ1n) is 8.00. The van der Waals surface area contributed by atoms with Crippen LogP contribution in [0.4, 0.5) is 0 Å². The predicted octanol–water partition coefficient (Wildman–Crippen LogP) is 3.02. The fourth-order valence-corrected chi connectivity index (χ4v) is 2.82. The minimum atomic E-state index is 0.642. The monoisotopic (exact) mass is 297 g/mol. The molecule has 1 aromatic carbocycles. The lowest BCUT2D eigenvalue weighted by Crippen LogP contribution is -2.36. The van der Waals surface area contributed by atoms with Crippen LogP contribution in [0.3, 0.4) is 0 Å². The third kappa shape index (κ3) is 3.70. The van der Waals surface area contributed by atoms with E-state index in [4.69, 9.17) is 4.42 Å². The lowest BCUT2D eigenvalue weighted by atomic mass is 10.1. The van der Waals surface area contributed by atoms with Gasteiger partial charge in [-0.15, -0.1) is 0 Å². The highest BCUT2D eigenvalue weighted by Gasteiger charge is 2.10. The Morgan fingerprint density at radius 3 is 2.91 bits per heavy atom. The molecule has 0 amide bonds. The van der Waals surface area contributed by atoms with Gasteiger partial charge in [-0.3, -0.25) is 0 Å². The van der Waals surface area contributed by atoms with Crippen LogP contribution in [-0.4, -0.2) is 12.5 Å². The maximum atomic E-state index is 5.33. The highest BCUT2D eigenvalue weighted by molar-refractivity contribution is 5.79. The fourth-order valence-electron chi connectivity index (χ4n) is 2.82. The first-order chi connectivity index (χ1) is 10.8. The van der Waals surface area contributed by atoms with Gasteiger partial charge in [0.25, 0.3) is 0 Å². The summed E-state index contributed by atoms with van der Waals surface area (Å²) < 4.78 is 5.33. The van der Waals surface area contributed by atoms with Crippen molar-refractivity contribution >= 4 is 5.96 Å². The highest BCUT2D eigenvalue weighted by Crippen LogP contribution is 2.23. The van der Waals surface area contributed by atoms with Gasteiger partial charge in [0.1, 0.15) is 5.76 Å². The molecule has 2 N–H and O–H groups in total. The first-order valence-corrected chi connectivity index (χ1v) is 8.00. The van der Waals surface area contributed by atoms with E-state index in [1.165, 1.54) is 36.0 Å². The third-order valence-corrected chi connectivity index (χ3v) is 3.94. The lowest BCUT2D eigenvalue weighted by Gasteiger charge is -2.10. The number of benzene rings is 1. The number of furan rings is 1. The quantitative estimate of drug-likeness (QED) is 0.659. The average molecular weight is 297 g/mol. The van der Waals surface area contributed by atoms with Gasteiger partial charge in [-0.2, -0.15) is 0 Å². The Hall–Kier alpha value is -2.23. The van der Waals surface area contributed by atoms with Gasteiger partial charge in [0.05, 0.1) is 19.4 Å². The molecule has 0 saturated carbocycles. The van der Waals surface area contributed by atoms with Gasteiger partial charge >= 0.3 is 0 Å². The predicted molar refractivity (Wildman–Crippen MR) is 88.8 cm³/mol. The Bertz CT molecular complexity index is 632. The van der Waals surface area contributed by atoms with Gasteiger partial charge in [0.15, 0.2) is 5.96 Å². The van der Waals surface area contributed by atoms with Crippen LogP contribution in [0.1, 0.15) is 35.8 Å². The molecule has 4 heteroatoms. The van der Waals surface area contributed by atoms with Crippen molar-refractivity contribution in [2.45, 2.75) is 39.3 Å². The molecule has 3 rings (SSSR count). The lowest BCUT2D eigenvalue weighted by molar-refractivity contribution is 0.501. The highest BCUT2D eigenvalue weighted by atomic mass is 16.3. The Kier molecular flexibility index (Phi) is 4.78. The summed E-state index contributed by atoms with van der Waals surface area (Å²) in [6.07, 6.45) is 5.41.